The Hall–Kier alpha value is -1.80. The third kappa shape index (κ3) is 5.22. The number of carbonyl (C=O) groups is 1. The highest BCUT2D eigenvalue weighted by atomic mass is 35.5. The van der Waals surface area contributed by atoms with E-state index in [1.165, 1.54) is 23.5 Å². The fourth-order valence-electron chi connectivity index (χ4n) is 3.30. The molecule has 6 nitrogen and oxygen atoms in total. The fraction of sp³-hybridized carbons (Fsp3) is 0.350. The molecule has 1 amide bonds. The summed E-state index contributed by atoms with van der Waals surface area (Å²) in [6.45, 7) is 0.824. The topological polar surface area (TPSA) is 75.7 Å². The van der Waals surface area contributed by atoms with Gasteiger partial charge in [-0.2, -0.15) is 4.31 Å². The van der Waals surface area contributed by atoms with E-state index in [1.54, 1.807) is 18.2 Å². The highest BCUT2D eigenvalue weighted by Crippen LogP contribution is 2.32. The second kappa shape index (κ2) is 9.34. The Kier molecular flexibility index (Phi) is 7.05. The summed E-state index contributed by atoms with van der Waals surface area (Å²) in [5, 5.41) is 3.82. The number of hydrogen-bond acceptors (Lipinski definition) is 4. The Balaban J connectivity index is 1.70. The van der Waals surface area contributed by atoms with E-state index in [0.29, 0.717) is 36.0 Å². The van der Waals surface area contributed by atoms with E-state index in [2.05, 4.69) is 5.32 Å². The zero-order chi connectivity index (χ0) is 21.0. The van der Waals surface area contributed by atoms with E-state index in [1.807, 2.05) is 12.1 Å². The van der Waals surface area contributed by atoms with Crippen molar-refractivity contribution in [2.45, 2.75) is 24.3 Å². The molecule has 0 radical (unpaired) electrons. The first-order chi connectivity index (χ1) is 13.8. The lowest BCUT2D eigenvalue weighted by atomic mass is 9.99. The molecule has 9 heteroatoms. The number of sulfonamides is 1. The minimum absolute atomic E-state index is 0.00900. The van der Waals surface area contributed by atoms with Crippen LogP contribution >= 0.6 is 23.2 Å². The lowest BCUT2D eigenvalue weighted by molar-refractivity contribution is -0.126. The molecular weight excluding hydrogens is 435 g/mol. The zero-order valence-electron chi connectivity index (χ0n) is 15.9. The molecule has 1 N–H and O–H groups in total. The summed E-state index contributed by atoms with van der Waals surface area (Å²) in [7, 11) is -2.43. The standard InChI is InChI=1S/C20H22Cl2N2O4S/c1-28-18-9-8-17(22)11-19(18)29(26,27)24-10-2-3-15(13-24)20(25)23-12-14-4-6-16(21)7-5-14/h4-9,11,15H,2-3,10,12-13H2,1H3,(H,23,25)/t15-/m1/s1. The lowest BCUT2D eigenvalue weighted by Gasteiger charge is -2.31. The number of methoxy groups -OCH3 is 1. The second-order valence-corrected chi connectivity index (χ2v) is 9.62. The van der Waals surface area contributed by atoms with Gasteiger partial charge in [-0.25, -0.2) is 8.42 Å². The molecule has 0 saturated carbocycles. The third-order valence-corrected chi connectivity index (χ3v) is 7.25. The smallest absolute Gasteiger partial charge is 0.246 e. The Morgan fingerprint density at radius 1 is 1.17 bits per heavy atom. The number of amides is 1. The first-order valence-corrected chi connectivity index (χ1v) is 11.4. The van der Waals surface area contributed by atoms with Crippen LogP contribution in [0.1, 0.15) is 18.4 Å². The normalized spacial score (nSPS) is 17.7. The molecule has 1 atom stereocenters. The summed E-state index contributed by atoms with van der Waals surface area (Å²) in [6, 6.07) is 11.7. The Labute approximate surface area is 180 Å². The summed E-state index contributed by atoms with van der Waals surface area (Å²) in [4.78, 5) is 12.6. The number of hydrogen-bond donors (Lipinski definition) is 1. The van der Waals surface area contributed by atoms with Gasteiger partial charge in [-0.3, -0.25) is 4.79 Å². The average molecular weight is 457 g/mol. The summed E-state index contributed by atoms with van der Waals surface area (Å²) in [6.07, 6.45) is 1.23. The Morgan fingerprint density at radius 2 is 1.86 bits per heavy atom. The molecule has 1 heterocycles. The molecule has 1 aliphatic heterocycles. The molecule has 2 aromatic carbocycles. The number of nitrogens with one attached hydrogen (secondary N) is 1. The van der Waals surface area contributed by atoms with Crippen LogP contribution in [0.15, 0.2) is 47.4 Å². The molecule has 3 rings (SSSR count). The number of halogens is 2. The third-order valence-electron chi connectivity index (χ3n) is 4.88. The summed E-state index contributed by atoms with van der Waals surface area (Å²) < 4.78 is 32.8. The molecule has 0 spiro atoms. The highest BCUT2D eigenvalue weighted by Gasteiger charge is 2.34. The van der Waals surface area contributed by atoms with Crippen LogP contribution in [0.4, 0.5) is 0 Å². The molecule has 29 heavy (non-hydrogen) atoms. The van der Waals surface area contributed by atoms with Crippen molar-refractivity contribution in [1.82, 2.24) is 9.62 Å². The molecule has 0 bridgehead atoms. The van der Waals surface area contributed by atoms with Gasteiger partial charge in [-0.1, -0.05) is 35.3 Å². The molecule has 2 aromatic rings. The Bertz CT molecular complexity index is 980. The first kappa shape index (κ1) is 21.9. The van der Waals surface area contributed by atoms with Gasteiger partial charge in [0.05, 0.1) is 13.0 Å². The van der Waals surface area contributed by atoms with Crippen LogP contribution in [0.5, 0.6) is 5.75 Å². The number of piperidine rings is 1. The van der Waals surface area contributed by atoms with Gasteiger partial charge in [0.2, 0.25) is 15.9 Å². The molecule has 0 unspecified atom stereocenters. The van der Waals surface area contributed by atoms with Gasteiger partial charge in [0.15, 0.2) is 0 Å². The lowest BCUT2D eigenvalue weighted by Crippen LogP contribution is -2.45. The molecule has 1 aliphatic rings. The molecule has 0 aliphatic carbocycles. The van der Waals surface area contributed by atoms with Crippen LogP contribution in [0.2, 0.25) is 10.0 Å². The van der Waals surface area contributed by atoms with Gasteiger partial charge >= 0.3 is 0 Å². The van der Waals surface area contributed by atoms with Gasteiger partial charge in [0.25, 0.3) is 0 Å². The van der Waals surface area contributed by atoms with Crippen LogP contribution in [-0.4, -0.2) is 38.8 Å². The number of ether oxygens (including phenoxy) is 1. The van der Waals surface area contributed by atoms with Crippen molar-refractivity contribution >= 4 is 39.1 Å². The molecule has 1 saturated heterocycles. The first-order valence-electron chi connectivity index (χ1n) is 9.17. The van der Waals surface area contributed by atoms with E-state index < -0.39 is 15.9 Å². The van der Waals surface area contributed by atoms with Crippen molar-refractivity contribution < 1.29 is 17.9 Å². The maximum absolute atomic E-state index is 13.1. The predicted molar refractivity (Wildman–Crippen MR) is 113 cm³/mol. The minimum atomic E-state index is -3.84. The number of carbonyl (C=O) groups excluding carboxylic acids is 1. The molecule has 1 fully saturated rings. The highest BCUT2D eigenvalue weighted by molar-refractivity contribution is 7.89. The number of benzene rings is 2. The van der Waals surface area contributed by atoms with Gasteiger partial charge in [-0.15, -0.1) is 0 Å². The van der Waals surface area contributed by atoms with E-state index >= 15 is 0 Å². The van der Waals surface area contributed by atoms with Crippen molar-refractivity contribution in [3.63, 3.8) is 0 Å². The quantitative estimate of drug-likeness (QED) is 0.718. The van der Waals surface area contributed by atoms with E-state index in [-0.39, 0.29) is 23.1 Å². The van der Waals surface area contributed by atoms with Crippen LogP contribution in [0.3, 0.4) is 0 Å². The van der Waals surface area contributed by atoms with Crippen molar-refractivity contribution in [3.05, 3.63) is 58.1 Å². The van der Waals surface area contributed by atoms with Crippen LogP contribution in [-0.2, 0) is 21.4 Å². The van der Waals surface area contributed by atoms with E-state index in [0.717, 1.165) is 5.56 Å². The number of rotatable bonds is 6. The fourth-order valence-corrected chi connectivity index (χ4v) is 5.37. The maximum Gasteiger partial charge on any atom is 0.246 e. The zero-order valence-corrected chi connectivity index (χ0v) is 18.2. The van der Waals surface area contributed by atoms with Crippen LogP contribution in [0, 0.1) is 5.92 Å². The minimum Gasteiger partial charge on any atom is -0.495 e. The average Bonchev–Trinajstić information content (AvgIpc) is 2.73. The number of nitrogens with zero attached hydrogens (tertiary/aromatic N) is 1. The van der Waals surface area contributed by atoms with Crippen molar-refractivity contribution in [3.8, 4) is 5.75 Å². The van der Waals surface area contributed by atoms with Crippen LogP contribution in [0.25, 0.3) is 0 Å². The Morgan fingerprint density at radius 3 is 2.55 bits per heavy atom. The summed E-state index contributed by atoms with van der Waals surface area (Å²) >= 11 is 11.9. The van der Waals surface area contributed by atoms with Gasteiger partial charge in [0.1, 0.15) is 10.6 Å². The summed E-state index contributed by atoms with van der Waals surface area (Å²) in [5.74, 6) is -0.363. The van der Waals surface area contributed by atoms with Gasteiger partial charge in [0, 0.05) is 29.7 Å². The molecule has 156 valence electrons. The monoisotopic (exact) mass is 456 g/mol. The second-order valence-electron chi connectivity index (χ2n) is 6.84. The van der Waals surface area contributed by atoms with Crippen molar-refractivity contribution in [2.24, 2.45) is 5.92 Å². The molecule has 0 aromatic heterocycles. The van der Waals surface area contributed by atoms with Gasteiger partial charge in [-0.05, 0) is 48.7 Å². The van der Waals surface area contributed by atoms with E-state index in [4.69, 9.17) is 27.9 Å². The molecular formula is C20H22Cl2N2O4S. The largest absolute Gasteiger partial charge is 0.495 e. The summed E-state index contributed by atoms with van der Waals surface area (Å²) in [5.41, 5.74) is 0.923. The van der Waals surface area contributed by atoms with E-state index in [9.17, 15) is 13.2 Å². The van der Waals surface area contributed by atoms with Crippen molar-refractivity contribution in [2.75, 3.05) is 20.2 Å². The SMILES string of the molecule is COc1ccc(Cl)cc1S(=O)(=O)N1CCC[C@@H](C(=O)NCc2ccc(Cl)cc2)C1. The van der Waals surface area contributed by atoms with Gasteiger partial charge < -0.3 is 10.1 Å². The van der Waals surface area contributed by atoms with Crippen LogP contribution < -0.4 is 10.1 Å². The van der Waals surface area contributed by atoms with Crippen molar-refractivity contribution in [1.29, 1.82) is 0 Å². The maximum atomic E-state index is 13.1. The predicted octanol–water partition coefficient (Wildman–Crippen LogP) is 3.72.